The van der Waals surface area contributed by atoms with Gasteiger partial charge in [0.1, 0.15) is 5.75 Å². The van der Waals surface area contributed by atoms with E-state index in [2.05, 4.69) is 15.1 Å². The van der Waals surface area contributed by atoms with Gasteiger partial charge in [-0.05, 0) is 36.4 Å². The van der Waals surface area contributed by atoms with Crippen LogP contribution < -0.4 is 4.74 Å². The lowest BCUT2D eigenvalue weighted by molar-refractivity contribution is -0.138. The number of halogens is 1. The molecule has 3 aromatic rings. The molecule has 0 spiro atoms. The van der Waals surface area contributed by atoms with Gasteiger partial charge in [-0.1, -0.05) is 16.8 Å². The largest absolute Gasteiger partial charge is 0.484 e. The van der Waals surface area contributed by atoms with Crippen molar-refractivity contribution in [2.45, 2.75) is 5.92 Å². The number of aromatic nitrogens is 3. The molecule has 1 aliphatic rings. The molecule has 1 aromatic carbocycles. The maximum absolute atomic E-state index is 12.2. The van der Waals surface area contributed by atoms with E-state index in [0.29, 0.717) is 35.6 Å². The third kappa shape index (κ3) is 3.52. The van der Waals surface area contributed by atoms with E-state index in [1.807, 2.05) is 12.1 Å². The van der Waals surface area contributed by atoms with Crippen LogP contribution in [0, 0.1) is 0 Å². The molecule has 7 nitrogen and oxygen atoms in total. The molecule has 0 unspecified atom stereocenters. The van der Waals surface area contributed by atoms with Gasteiger partial charge in [0.2, 0.25) is 11.7 Å². The summed E-state index contributed by atoms with van der Waals surface area (Å²) in [7, 11) is 0. The van der Waals surface area contributed by atoms with Gasteiger partial charge in [-0.25, -0.2) is 0 Å². The van der Waals surface area contributed by atoms with Crippen LogP contribution >= 0.6 is 11.6 Å². The third-order valence-electron chi connectivity index (χ3n) is 4.12. The van der Waals surface area contributed by atoms with Gasteiger partial charge in [0.15, 0.2) is 6.61 Å². The van der Waals surface area contributed by atoms with Crippen LogP contribution in [-0.2, 0) is 4.79 Å². The molecule has 8 heteroatoms. The van der Waals surface area contributed by atoms with Gasteiger partial charge in [-0.15, -0.1) is 0 Å². The van der Waals surface area contributed by atoms with Gasteiger partial charge in [0.25, 0.3) is 5.91 Å². The van der Waals surface area contributed by atoms with E-state index in [1.54, 1.807) is 41.6 Å². The van der Waals surface area contributed by atoms with E-state index in [1.165, 1.54) is 0 Å². The zero-order valence-corrected chi connectivity index (χ0v) is 14.5. The lowest BCUT2D eigenvalue weighted by atomic mass is 10.0. The average Bonchev–Trinajstić information content (AvgIpc) is 3.10. The van der Waals surface area contributed by atoms with Gasteiger partial charge >= 0.3 is 0 Å². The SMILES string of the molecule is O=C(COc1ccc(Cl)cc1)N1CC(c2nc(-c3cccnc3)no2)C1. The molecular formula is C18H15ClN4O3. The summed E-state index contributed by atoms with van der Waals surface area (Å²) < 4.78 is 10.8. The van der Waals surface area contributed by atoms with E-state index < -0.39 is 0 Å². The summed E-state index contributed by atoms with van der Waals surface area (Å²) in [5.41, 5.74) is 0.797. The van der Waals surface area contributed by atoms with E-state index >= 15 is 0 Å². The lowest BCUT2D eigenvalue weighted by Gasteiger charge is -2.36. The molecule has 26 heavy (non-hydrogen) atoms. The Morgan fingerprint density at radius 1 is 1.27 bits per heavy atom. The van der Waals surface area contributed by atoms with Gasteiger partial charge in [0.05, 0.1) is 5.92 Å². The van der Waals surface area contributed by atoms with Crippen molar-refractivity contribution in [1.82, 2.24) is 20.0 Å². The Bertz CT molecular complexity index is 892. The van der Waals surface area contributed by atoms with Crippen LogP contribution in [0.25, 0.3) is 11.4 Å². The Hall–Kier alpha value is -2.93. The lowest BCUT2D eigenvalue weighted by Crippen LogP contribution is -2.50. The second kappa shape index (κ2) is 7.13. The highest BCUT2D eigenvalue weighted by Gasteiger charge is 2.35. The number of carbonyl (C=O) groups is 1. The minimum Gasteiger partial charge on any atom is -0.484 e. The second-order valence-electron chi connectivity index (χ2n) is 5.94. The number of hydrogen-bond donors (Lipinski definition) is 0. The Balaban J connectivity index is 1.29. The predicted molar refractivity (Wildman–Crippen MR) is 93.8 cm³/mol. The minimum absolute atomic E-state index is 0.0148. The van der Waals surface area contributed by atoms with Crippen molar-refractivity contribution < 1.29 is 14.1 Å². The normalized spacial score (nSPS) is 14.1. The van der Waals surface area contributed by atoms with Crippen LogP contribution in [0.5, 0.6) is 5.75 Å². The molecular weight excluding hydrogens is 356 g/mol. The van der Waals surface area contributed by atoms with E-state index in [0.717, 1.165) is 5.56 Å². The fourth-order valence-electron chi connectivity index (χ4n) is 2.62. The Labute approximate surface area is 154 Å². The highest BCUT2D eigenvalue weighted by molar-refractivity contribution is 6.30. The molecule has 2 aromatic heterocycles. The molecule has 0 radical (unpaired) electrons. The van der Waals surface area contributed by atoms with Crippen molar-refractivity contribution >= 4 is 17.5 Å². The molecule has 1 aliphatic heterocycles. The van der Waals surface area contributed by atoms with Crippen molar-refractivity contribution in [2.75, 3.05) is 19.7 Å². The smallest absolute Gasteiger partial charge is 0.260 e. The summed E-state index contributed by atoms with van der Waals surface area (Å²) in [4.78, 5) is 22.3. The van der Waals surface area contributed by atoms with E-state index in [-0.39, 0.29) is 18.4 Å². The number of ether oxygens (including phenoxy) is 1. The molecule has 0 atom stereocenters. The summed E-state index contributed by atoms with van der Waals surface area (Å²) >= 11 is 5.82. The molecule has 1 amide bonds. The van der Waals surface area contributed by atoms with Crippen molar-refractivity contribution in [3.05, 3.63) is 59.7 Å². The molecule has 0 N–H and O–H groups in total. The van der Waals surface area contributed by atoms with E-state index in [4.69, 9.17) is 20.9 Å². The second-order valence-corrected chi connectivity index (χ2v) is 6.37. The molecule has 4 rings (SSSR count). The maximum atomic E-state index is 12.2. The highest BCUT2D eigenvalue weighted by Crippen LogP contribution is 2.27. The topological polar surface area (TPSA) is 81.4 Å². The summed E-state index contributed by atoms with van der Waals surface area (Å²) in [6.45, 7) is 1.06. The van der Waals surface area contributed by atoms with Crippen LogP contribution in [0.4, 0.5) is 0 Å². The Morgan fingerprint density at radius 2 is 2.08 bits per heavy atom. The van der Waals surface area contributed by atoms with Crippen LogP contribution in [0.15, 0.2) is 53.3 Å². The monoisotopic (exact) mass is 370 g/mol. The molecule has 0 bridgehead atoms. The minimum atomic E-state index is -0.0804. The van der Waals surface area contributed by atoms with Crippen molar-refractivity contribution in [3.8, 4) is 17.1 Å². The van der Waals surface area contributed by atoms with Crippen LogP contribution in [-0.4, -0.2) is 45.6 Å². The molecule has 3 heterocycles. The first-order valence-electron chi connectivity index (χ1n) is 8.09. The Morgan fingerprint density at radius 3 is 2.81 bits per heavy atom. The van der Waals surface area contributed by atoms with Crippen molar-refractivity contribution in [1.29, 1.82) is 0 Å². The fraction of sp³-hybridized carbons (Fsp3) is 0.222. The molecule has 0 aliphatic carbocycles. The van der Waals surface area contributed by atoms with Gasteiger partial charge in [-0.2, -0.15) is 4.98 Å². The van der Waals surface area contributed by atoms with Gasteiger partial charge in [-0.3, -0.25) is 9.78 Å². The molecule has 1 fully saturated rings. The molecule has 132 valence electrons. The zero-order valence-electron chi connectivity index (χ0n) is 13.7. The number of hydrogen-bond acceptors (Lipinski definition) is 6. The number of carbonyl (C=O) groups excluding carboxylic acids is 1. The van der Waals surface area contributed by atoms with Gasteiger partial charge < -0.3 is 14.2 Å². The van der Waals surface area contributed by atoms with Gasteiger partial charge in [0, 0.05) is 36.1 Å². The number of pyridine rings is 1. The van der Waals surface area contributed by atoms with Crippen molar-refractivity contribution in [2.24, 2.45) is 0 Å². The maximum Gasteiger partial charge on any atom is 0.260 e. The quantitative estimate of drug-likeness (QED) is 0.687. The average molecular weight is 371 g/mol. The summed E-state index contributed by atoms with van der Waals surface area (Å²) in [5.74, 6) is 1.61. The number of benzene rings is 1. The third-order valence-corrected chi connectivity index (χ3v) is 4.37. The highest BCUT2D eigenvalue weighted by atomic mass is 35.5. The number of amides is 1. The van der Waals surface area contributed by atoms with E-state index in [9.17, 15) is 4.79 Å². The zero-order chi connectivity index (χ0) is 17.9. The molecule has 0 saturated carbocycles. The number of likely N-dealkylation sites (tertiary alicyclic amines) is 1. The van der Waals surface area contributed by atoms with Crippen LogP contribution in [0.3, 0.4) is 0 Å². The first-order chi connectivity index (χ1) is 12.7. The summed E-state index contributed by atoms with van der Waals surface area (Å²) in [5, 5.41) is 4.60. The summed E-state index contributed by atoms with van der Waals surface area (Å²) in [6.07, 6.45) is 3.37. The first kappa shape index (κ1) is 16.5. The van der Waals surface area contributed by atoms with Crippen LogP contribution in [0.2, 0.25) is 5.02 Å². The first-order valence-corrected chi connectivity index (χ1v) is 8.47. The standard InChI is InChI=1S/C18H15ClN4O3/c19-14-3-5-15(6-4-14)25-11-16(24)23-9-13(10-23)18-21-17(22-26-18)12-2-1-7-20-8-12/h1-8,13H,9-11H2. The number of rotatable bonds is 5. The Kier molecular flexibility index (Phi) is 4.53. The van der Waals surface area contributed by atoms with Crippen molar-refractivity contribution in [3.63, 3.8) is 0 Å². The fourth-order valence-corrected chi connectivity index (χ4v) is 2.74. The molecule has 1 saturated heterocycles. The van der Waals surface area contributed by atoms with Crippen LogP contribution in [0.1, 0.15) is 11.8 Å². The number of nitrogens with zero attached hydrogens (tertiary/aromatic N) is 4. The predicted octanol–water partition coefficient (Wildman–Crippen LogP) is 2.79. The summed E-state index contributed by atoms with van der Waals surface area (Å²) in [6, 6.07) is 10.6.